The highest BCUT2D eigenvalue weighted by molar-refractivity contribution is 6.27. The van der Waals surface area contributed by atoms with Crippen molar-refractivity contribution >= 4 is 29.1 Å². The molecule has 1 heterocycles. The third-order valence-corrected chi connectivity index (χ3v) is 3.94. The van der Waals surface area contributed by atoms with E-state index in [0.29, 0.717) is 26.2 Å². The van der Waals surface area contributed by atoms with Gasteiger partial charge in [0.15, 0.2) is 0 Å². The maximum absolute atomic E-state index is 12.9. The molecule has 0 radical (unpaired) electrons. The van der Waals surface area contributed by atoms with E-state index >= 15 is 0 Å². The first-order chi connectivity index (χ1) is 11.3. The zero-order chi connectivity index (χ0) is 17.7. The van der Waals surface area contributed by atoms with E-state index in [1.807, 2.05) is 0 Å². The van der Waals surface area contributed by atoms with Gasteiger partial charge in [-0.2, -0.15) is 13.2 Å². The number of amides is 2. The Labute approximate surface area is 142 Å². The molecule has 5 nitrogen and oxygen atoms in total. The fourth-order valence-electron chi connectivity index (χ4n) is 2.47. The highest BCUT2D eigenvalue weighted by atomic mass is 35.5. The standard InChI is InChI=1S/C15H17ClF3N3O2/c16-9-14(24)22-7-5-21(6-8-22)10-13(23)20-12-4-2-1-3-11(12)15(17,18)19/h1-4H,5-10H2,(H,20,23). The number of piperazine rings is 1. The molecule has 0 unspecified atom stereocenters. The lowest BCUT2D eigenvalue weighted by molar-refractivity contribution is -0.137. The zero-order valence-corrected chi connectivity index (χ0v) is 13.5. The van der Waals surface area contributed by atoms with Crippen LogP contribution in [0.4, 0.5) is 18.9 Å². The van der Waals surface area contributed by atoms with Gasteiger partial charge >= 0.3 is 6.18 Å². The normalized spacial score (nSPS) is 16.1. The van der Waals surface area contributed by atoms with Gasteiger partial charge < -0.3 is 10.2 Å². The van der Waals surface area contributed by atoms with Crippen LogP contribution in [0.5, 0.6) is 0 Å². The molecule has 0 saturated carbocycles. The average molecular weight is 364 g/mol. The van der Waals surface area contributed by atoms with Gasteiger partial charge in [-0.15, -0.1) is 11.6 Å². The topological polar surface area (TPSA) is 52.7 Å². The number of para-hydroxylation sites is 1. The van der Waals surface area contributed by atoms with Crippen LogP contribution in [0.1, 0.15) is 5.56 Å². The van der Waals surface area contributed by atoms with E-state index in [1.54, 1.807) is 9.80 Å². The Bertz CT molecular complexity index is 602. The molecule has 2 rings (SSSR count). The summed E-state index contributed by atoms with van der Waals surface area (Å²) in [5.74, 6) is -0.780. The predicted octanol–water partition coefficient (Wildman–Crippen LogP) is 2.03. The Morgan fingerprint density at radius 2 is 1.75 bits per heavy atom. The van der Waals surface area contributed by atoms with Crippen molar-refractivity contribution in [3.8, 4) is 0 Å². The molecular weight excluding hydrogens is 347 g/mol. The van der Waals surface area contributed by atoms with Gasteiger partial charge in [0.2, 0.25) is 11.8 Å². The van der Waals surface area contributed by atoms with E-state index in [4.69, 9.17) is 11.6 Å². The molecule has 0 aliphatic carbocycles. The molecule has 1 N–H and O–H groups in total. The van der Waals surface area contributed by atoms with Gasteiger partial charge in [0.1, 0.15) is 5.88 Å². The van der Waals surface area contributed by atoms with Crippen molar-refractivity contribution in [2.75, 3.05) is 43.9 Å². The number of nitrogens with one attached hydrogen (secondary N) is 1. The number of carbonyl (C=O) groups excluding carboxylic acids is 2. The number of hydrogen-bond acceptors (Lipinski definition) is 3. The molecule has 1 aliphatic heterocycles. The lowest BCUT2D eigenvalue weighted by Crippen LogP contribution is -2.50. The van der Waals surface area contributed by atoms with Gasteiger partial charge in [0, 0.05) is 26.2 Å². The monoisotopic (exact) mass is 363 g/mol. The van der Waals surface area contributed by atoms with Gasteiger partial charge in [-0.3, -0.25) is 14.5 Å². The summed E-state index contributed by atoms with van der Waals surface area (Å²) < 4.78 is 38.7. The third kappa shape index (κ3) is 4.85. The molecule has 2 amide bonds. The summed E-state index contributed by atoms with van der Waals surface area (Å²) in [4.78, 5) is 26.8. The highest BCUT2D eigenvalue weighted by Crippen LogP contribution is 2.34. The van der Waals surface area contributed by atoms with Gasteiger partial charge in [0.25, 0.3) is 0 Å². The molecule has 0 spiro atoms. The molecule has 1 saturated heterocycles. The summed E-state index contributed by atoms with van der Waals surface area (Å²) in [5.41, 5.74) is -1.14. The van der Waals surface area contributed by atoms with Crippen LogP contribution in [0.15, 0.2) is 24.3 Å². The van der Waals surface area contributed by atoms with Crippen LogP contribution in [0.2, 0.25) is 0 Å². The number of alkyl halides is 4. The average Bonchev–Trinajstić information content (AvgIpc) is 2.54. The van der Waals surface area contributed by atoms with E-state index in [2.05, 4.69) is 5.32 Å². The van der Waals surface area contributed by atoms with Crippen LogP contribution in [-0.2, 0) is 15.8 Å². The number of hydrogen-bond donors (Lipinski definition) is 1. The van der Waals surface area contributed by atoms with E-state index in [0.717, 1.165) is 6.07 Å². The quantitative estimate of drug-likeness (QED) is 0.833. The van der Waals surface area contributed by atoms with Gasteiger partial charge in [-0.1, -0.05) is 12.1 Å². The van der Waals surface area contributed by atoms with Crippen molar-refractivity contribution in [1.29, 1.82) is 0 Å². The van der Waals surface area contributed by atoms with Crippen molar-refractivity contribution in [3.63, 3.8) is 0 Å². The molecule has 1 fully saturated rings. The van der Waals surface area contributed by atoms with Crippen LogP contribution >= 0.6 is 11.6 Å². The summed E-state index contributed by atoms with van der Waals surface area (Å²) >= 11 is 5.49. The molecular formula is C15H17ClF3N3O2. The second-order valence-electron chi connectivity index (χ2n) is 5.38. The number of rotatable bonds is 4. The van der Waals surface area contributed by atoms with E-state index in [1.165, 1.54) is 18.2 Å². The molecule has 0 atom stereocenters. The van der Waals surface area contributed by atoms with Crippen LogP contribution in [0.25, 0.3) is 0 Å². The van der Waals surface area contributed by atoms with Crippen molar-refractivity contribution in [2.45, 2.75) is 6.18 Å². The Morgan fingerprint density at radius 1 is 1.12 bits per heavy atom. The number of halogens is 4. The molecule has 132 valence electrons. The minimum atomic E-state index is -4.53. The van der Waals surface area contributed by atoms with Crippen LogP contribution in [0, 0.1) is 0 Å². The summed E-state index contributed by atoms with van der Waals surface area (Å²) in [5, 5.41) is 2.31. The first-order valence-electron chi connectivity index (χ1n) is 7.33. The Kier molecular flexibility index (Phi) is 6.06. The molecule has 1 aromatic rings. The Morgan fingerprint density at radius 3 is 2.33 bits per heavy atom. The largest absolute Gasteiger partial charge is 0.418 e. The van der Waals surface area contributed by atoms with E-state index in [9.17, 15) is 22.8 Å². The Balaban J connectivity index is 1.90. The smallest absolute Gasteiger partial charge is 0.339 e. The van der Waals surface area contributed by atoms with Crippen LogP contribution in [-0.4, -0.2) is 60.2 Å². The second-order valence-corrected chi connectivity index (χ2v) is 5.65. The van der Waals surface area contributed by atoms with Crippen molar-refractivity contribution < 1.29 is 22.8 Å². The molecule has 0 aromatic heterocycles. The summed E-state index contributed by atoms with van der Waals surface area (Å²) in [6.45, 7) is 1.79. The lowest BCUT2D eigenvalue weighted by Gasteiger charge is -2.34. The SMILES string of the molecule is O=C(CN1CCN(C(=O)CCl)CC1)Nc1ccccc1C(F)(F)F. The molecule has 1 aromatic carbocycles. The van der Waals surface area contributed by atoms with Crippen molar-refractivity contribution in [3.05, 3.63) is 29.8 Å². The van der Waals surface area contributed by atoms with E-state index in [-0.39, 0.29) is 24.0 Å². The van der Waals surface area contributed by atoms with Crippen LogP contribution in [0.3, 0.4) is 0 Å². The van der Waals surface area contributed by atoms with Gasteiger partial charge in [0.05, 0.1) is 17.8 Å². The molecule has 9 heteroatoms. The summed E-state index contributed by atoms with van der Waals surface area (Å²) in [7, 11) is 0. The minimum Gasteiger partial charge on any atom is -0.339 e. The first-order valence-corrected chi connectivity index (χ1v) is 7.87. The maximum atomic E-state index is 12.9. The maximum Gasteiger partial charge on any atom is 0.418 e. The van der Waals surface area contributed by atoms with Gasteiger partial charge in [-0.05, 0) is 12.1 Å². The lowest BCUT2D eigenvalue weighted by atomic mass is 10.1. The Hall–Kier alpha value is -1.80. The zero-order valence-electron chi connectivity index (χ0n) is 12.8. The van der Waals surface area contributed by atoms with Crippen molar-refractivity contribution in [1.82, 2.24) is 9.80 Å². The molecule has 1 aliphatic rings. The van der Waals surface area contributed by atoms with Crippen LogP contribution < -0.4 is 5.32 Å². The summed E-state index contributed by atoms with van der Waals surface area (Å²) in [6.07, 6.45) is -4.53. The number of nitrogens with zero attached hydrogens (tertiary/aromatic N) is 2. The molecule has 24 heavy (non-hydrogen) atoms. The number of carbonyl (C=O) groups is 2. The highest BCUT2D eigenvalue weighted by Gasteiger charge is 2.33. The fourth-order valence-corrected chi connectivity index (χ4v) is 2.64. The predicted molar refractivity (Wildman–Crippen MR) is 83.8 cm³/mol. The third-order valence-electron chi connectivity index (χ3n) is 3.71. The van der Waals surface area contributed by atoms with Gasteiger partial charge in [-0.25, -0.2) is 0 Å². The molecule has 0 bridgehead atoms. The summed E-state index contributed by atoms with van der Waals surface area (Å²) in [6, 6.07) is 4.84. The first kappa shape index (κ1) is 18.5. The number of anilines is 1. The van der Waals surface area contributed by atoms with E-state index < -0.39 is 17.6 Å². The minimum absolute atomic E-state index is 0.0326. The number of benzene rings is 1. The second kappa shape index (κ2) is 7.85. The van der Waals surface area contributed by atoms with Crippen molar-refractivity contribution in [2.24, 2.45) is 0 Å². The fraction of sp³-hybridized carbons (Fsp3) is 0.467.